The molecular weight excluding hydrogens is 414 g/mol. The van der Waals surface area contributed by atoms with Crippen molar-refractivity contribution < 1.29 is 9.53 Å². The number of aromatic amines is 1. The molecule has 0 atom stereocenters. The molecule has 0 bridgehead atoms. The molecule has 0 aliphatic rings. The zero-order valence-corrected chi connectivity index (χ0v) is 18.3. The number of ether oxygens (including phenoxy) is 1. The minimum absolute atomic E-state index is 0.224. The number of aryl methyl sites for hydroxylation is 1. The highest BCUT2D eigenvalue weighted by atomic mass is 16.5. The fourth-order valence-corrected chi connectivity index (χ4v) is 3.50. The number of H-pyrrole nitrogens is 1. The first-order valence-electron chi connectivity index (χ1n) is 10.4. The Morgan fingerprint density at radius 1 is 0.970 bits per heavy atom. The van der Waals surface area contributed by atoms with Crippen LogP contribution in [0.3, 0.4) is 0 Å². The van der Waals surface area contributed by atoms with E-state index in [0.29, 0.717) is 34.1 Å². The first-order valence-corrected chi connectivity index (χ1v) is 10.4. The second-order valence-electron chi connectivity index (χ2n) is 7.44. The lowest BCUT2D eigenvalue weighted by Gasteiger charge is -2.12. The summed E-state index contributed by atoms with van der Waals surface area (Å²) in [7, 11) is 1.60. The van der Waals surface area contributed by atoms with Gasteiger partial charge in [0.2, 0.25) is 0 Å². The number of methoxy groups -OCH3 is 1. The van der Waals surface area contributed by atoms with Crippen LogP contribution in [0.25, 0.3) is 23.0 Å². The Kier molecular flexibility index (Phi) is 6.45. The van der Waals surface area contributed by atoms with Gasteiger partial charge in [-0.05, 0) is 36.8 Å². The van der Waals surface area contributed by atoms with Crippen molar-refractivity contribution in [1.82, 2.24) is 9.97 Å². The van der Waals surface area contributed by atoms with E-state index in [1.807, 2.05) is 66.7 Å². The summed E-state index contributed by atoms with van der Waals surface area (Å²) in [6, 6.07) is 25.6. The molecule has 1 amide bonds. The van der Waals surface area contributed by atoms with E-state index < -0.39 is 0 Å². The predicted octanol–water partition coefficient (Wildman–Crippen LogP) is 4.93. The van der Waals surface area contributed by atoms with Crippen molar-refractivity contribution in [2.24, 2.45) is 0 Å². The summed E-state index contributed by atoms with van der Waals surface area (Å²) < 4.78 is 5.45. The Bertz CT molecular complexity index is 1370. The predicted molar refractivity (Wildman–Crippen MR) is 131 cm³/mol. The van der Waals surface area contributed by atoms with Crippen LogP contribution in [0, 0.1) is 6.92 Å². The number of hydrogen-bond acceptors (Lipinski definition) is 4. The highest BCUT2D eigenvalue weighted by molar-refractivity contribution is 6.29. The van der Waals surface area contributed by atoms with Gasteiger partial charge in [-0.25, -0.2) is 4.98 Å². The van der Waals surface area contributed by atoms with Gasteiger partial charge in [0.15, 0.2) is 0 Å². The van der Waals surface area contributed by atoms with Crippen LogP contribution in [0.2, 0.25) is 0 Å². The minimum atomic E-state index is -0.269. The third kappa shape index (κ3) is 5.25. The molecule has 2 N–H and O–H groups in total. The van der Waals surface area contributed by atoms with Gasteiger partial charge in [-0.3, -0.25) is 9.59 Å². The second-order valence-corrected chi connectivity index (χ2v) is 7.44. The topological polar surface area (TPSA) is 84.1 Å². The Morgan fingerprint density at radius 3 is 2.48 bits per heavy atom. The summed E-state index contributed by atoms with van der Waals surface area (Å²) in [6.45, 7) is 1.76. The maximum atomic E-state index is 13.4. The Hall–Kier alpha value is -4.45. The van der Waals surface area contributed by atoms with E-state index in [2.05, 4.69) is 15.3 Å². The third-order valence-electron chi connectivity index (χ3n) is 5.03. The average molecular weight is 437 g/mol. The highest BCUT2D eigenvalue weighted by Gasteiger charge is 2.14. The van der Waals surface area contributed by atoms with Crippen LogP contribution in [-0.2, 0) is 4.79 Å². The number of amides is 1. The van der Waals surface area contributed by atoms with Gasteiger partial charge < -0.3 is 15.0 Å². The van der Waals surface area contributed by atoms with Crippen molar-refractivity contribution in [2.75, 3.05) is 12.4 Å². The van der Waals surface area contributed by atoms with Crippen molar-refractivity contribution in [3.8, 4) is 17.1 Å². The molecule has 4 rings (SSSR count). The van der Waals surface area contributed by atoms with Crippen LogP contribution in [0.5, 0.6) is 5.75 Å². The molecule has 0 aliphatic carbocycles. The normalized spacial score (nSPS) is 11.2. The van der Waals surface area contributed by atoms with Crippen molar-refractivity contribution >= 4 is 23.2 Å². The quantitative estimate of drug-likeness (QED) is 0.331. The standard InChI is InChI=1S/C27H23N3O3/c1-18-15-25(31)30-26(28-18)21-12-8-13-22(16-21)29-27(32)23(19-9-4-3-5-10-19)17-20-11-6-7-14-24(20)33-2/h3-17H,1-2H3,(H,29,32)(H,28,30,31)/b23-17+. The fraction of sp³-hybridized carbons (Fsp3) is 0.0741. The average Bonchev–Trinajstić information content (AvgIpc) is 2.83. The number of benzene rings is 3. The molecule has 1 heterocycles. The largest absolute Gasteiger partial charge is 0.496 e. The van der Waals surface area contributed by atoms with Crippen LogP contribution in [0.15, 0.2) is 89.7 Å². The molecule has 6 heteroatoms. The van der Waals surface area contributed by atoms with Crippen LogP contribution in [-0.4, -0.2) is 23.0 Å². The number of aromatic nitrogens is 2. The van der Waals surface area contributed by atoms with Gasteiger partial charge in [-0.2, -0.15) is 0 Å². The number of anilines is 1. The van der Waals surface area contributed by atoms with Gasteiger partial charge in [-0.1, -0.05) is 60.7 Å². The number of hydrogen-bond donors (Lipinski definition) is 2. The first-order chi connectivity index (χ1) is 16.0. The molecule has 1 aromatic heterocycles. The molecule has 3 aromatic carbocycles. The number of carbonyl (C=O) groups excluding carboxylic acids is 1. The SMILES string of the molecule is COc1ccccc1/C=C(/C(=O)Nc1cccc(-c2nc(C)cc(=O)[nH]2)c1)c1ccccc1. The van der Waals surface area contributed by atoms with Gasteiger partial charge in [0, 0.05) is 34.1 Å². The lowest BCUT2D eigenvalue weighted by atomic mass is 10.0. The summed E-state index contributed by atoms with van der Waals surface area (Å²) >= 11 is 0. The number of carbonyl (C=O) groups is 1. The van der Waals surface area contributed by atoms with Crippen LogP contribution in [0.4, 0.5) is 5.69 Å². The highest BCUT2D eigenvalue weighted by Crippen LogP contribution is 2.26. The molecule has 0 saturated carbocycles. The molecule has 6 nitrogen and oxygen atoms in total. The van der Waals surface area contributed by atoms with Crippen molar-refractivity contribution in [3.05, 3.63) is 112 Å². The van der Waals surface area contributed by atoms with Gasteiger partial charge in [-0.15, -0.1) is 0 Å². The van der Waals surface area contributed by atoms with E-state index in [4.69, 9.17) is 4.74 Å². The number of para-hydroxylation sites is 1. The van der Waals surface area contributed by atoms with Gasteiger partial charge in [0.1, 0.15) is 11.6 Å². The molecule has 0 spiro atoms. The lowest BCUT2D eigenvalue weighted by Crippen LogP contribution is -2.14. The molecule has 0 saturated heterocycles. The fourth-order valence-electron chi connectivity index (χ4n) is 3.50. The monoisotopic (exact) mass is 437 g/mol. The maximum Gasteiger partial charge on any atom is 0.256 e. The van der Waals surface area contributed by atoms with E-state index in [1.165, 1.54) is 6.07 Å². The minimum Gasteiger partial charge on any atom is -0.496 e. The van der Waals surface area contributed by atoms with Crippen molar-refractivity contribution in [3.63, 3.8) is 0 Å². The second kappa shape index (κ2) is 9.78. The Balaban J connectivity index is 1.70. The Labute approximate surface area is 191 Å². The number of nitrogens with one attached hydrogen (secondary N) is 2. The van der Waals surface area contributed by atoms with E-state index >= 15 is 0 Å². The first kappa shape index (κ1) is 21.8. The van der Waals surface area contributed by atoms with E-state index in [1.54, 1.807) is 32.2 Å². The molecule has 164 valence electrons. The zero-order valence-electron chi connectivity index (χ0n) is 18.3. The van der Waals surface area contributed by atoms with Gasteiger partial charge >= 0.3 is 0 Å². The summed E-state index contributed by atoms with van der Waals surface area (Å²) in [5, 5.41) is 2.97. The summed E-state index contributed by atoms with van der Waals surface area (Å²) in [5.41, 5.74) is 3.75. The number of rotatable bonds is 6. The molecule has 0 unspecified atom stereocenters. The molecule has 0 fully saturated rings. The smallest absolute Gasteiger partial charge is 0.256 e. The van der Waals surface area contributed by atoms with Crippen molar-refractivity contribution in [1.29, 1.82) is 0 Å². The third-order valence-corrected chi connectivity index (χ3v) is 5.03. The molecular formula is C27H23N3O3. The summed E-state index contributed by atoms with van der Waals surface area (Å²) in [4.78, 5) is 32.3. The molecule has 33 heavy (non-hydrogen) atoms. The summed E-state index contributed by atoms with van der Waals surface area (Å²) in [6.07, 6.45) is 1.81. The van der Waals surface area contributed by atoms with Crippen LogP contribution >= 0.6 is 0 Å². The van der Waals surface area contributed by atoms with Crippen molar-refractivity contribution in [2.45, 2.75) is 6.92 Å². The van der Waals surface area contributed by atoms with Crippen LogP contribution in [0.1, 0.15) is 16.8 Å². The molecule has 4 aromatic rings. The molecule has 0 aliphatic heterocycles. The number of nitrogens with zero attached hydrogens (tertiary/aromatic N) is 1. The van der Waals surface area contributed by atoms with E-state index in [-0.39, 0.29) is 11.5 Å². The maximum absolute atomic E-state index is 13.4. The van der Waals surface area contributed by atoms with Crippen LogP contribution < -0.4 is 15.6 Å². The molecule has 0 radical (unpaired) electrons. The van der Waals surface area contributed by atoms with Gasteiger partial charge in [0.05, 0.1) is 7.11 Å². The van der Waals surface area contributed by atoms with Gasteiger partial charge in [0.25, 0.3) is 11.5 Å². The Morgan fingerprint density at radius 2 is 1.73 bits per heavy atom. The van der Waals surface area contributed by atoms with E-state index in [0.717, 1.165) is 11.1 Å². The summed E-state index contributed by atoms with van der Waals surface area (Å²) in [5.74, 6) is 0.856. The zero-order chi connectivity index (χ0) is 23.2. The lowest BCUT2D eigenvalue weighted by molar-refractivity contribution is -0.111. The van der Waals surface area contributed by atoms with E-state index in [9.17, 15) is 9.59 Å².